The van der Waals surface area contributed by atoms with Crippen molar-refractivity contribution in [2.24, 2.45) is 0 Å². The highest BCUT2D eigenvalue weighted by atomic mass is 35.5. The molecule has 0 aromatic heterocycles. The second-order valence-electron chi connectivity index (χ2n) is 2.68. The summed E-state index contributed by atoms with van der Waals surface area (Å²) in [6, 6.07) is 2.18. The van der Waals surface area contributed by atoms with Crippen LogP contribution in [0.2, 0.25) is 5.02 Å². The van der Waals surface area contributed by atoms with Crippen LogP contribution in [-0.4, -0.2) is 5.78 Å². The lowest BCUT2D eigenvalue weighted by Gasteiger charge is -2.07. The molecule has 0 amide bonds. The Morgan fingerprint density at radius 3 is 2.43 bits per heavy atom. The largest absolute Gasteiger partial charge is 0.294 e. The minimum atomic E-state index is -3.03. The van der Waals surface area contributed by atoms with Crippen molar-refractivity contribution in [3.8, 4) is 0 Å². The molecule has 0 atom stereocenters. The second-order valence-corrected chi connectivity index (χ2v) is 3.09. The van der Waals surface area contributed by atoms with E-state index in [1.807, 2.05) is 0 Å². The molecule has 0 aliphatic heterocycles. The molecule has 14 heavy (non-hydrogen) atoms. The third-order valence-electron chi connectivity index (χ3n) is 1.72. The second kappa shape index (κ2) is 4.00. The number of rotatable bonds is 2. The summed E-state index contributed by atoms with van der Waals surface area (Å²) in [7, 11) is 0. The predicted octanol–water partition coefficient (Wildman–Crippen LogP) is 3.62. The molecular formula is C9H6ClF3O. The Morgan fingerprint density at radius 1 is 1.43 bits per heavy atom. The number of benzene rings is 1. The summed E-state index contributed by atoms with van der Waals surface area (Å²) in [6.45, 7) is 1.10. The van der Waals surface area contributed by atoms with Crippen LogP contribution in [0.5, 0.6) is 0 Å². The van der Waals surface area contributed by atoms with Crippen LogP contribution in [0.25, 0.3) is 0 Å². The molecule has 0 saturated heterocycles. The van der Waals surface area contributed by atoms with E-state index in [9.17, 15) is 18.0 Å². The van der Waals surface area contributed by atoms with Gasteiger partial charge in [0.25, 0.3) is 6.43 Å². The third-order valence-corrected chi connectivity index (χ3v) is 2.05. The maximum atomic E-state index is 13.2. The van der Waals surface area contributed by atoms with Gasteiger partial charge in [0.1, 0.15) is 5.82 Å². The average molecular weight is 223 g/mol. The lowest BCUT2D eigenvalue weighted by atomic mass is 10.1. The highest BCUT2D eigenvalue weighted by molar-refractivity contribution is 6.31. The first-order valence-electron chi connectivity index (χ1n) is 3.72. The van der Waals surface area contributed by atoms with Crippen LogP contribution in [-0.2, 0) is 0 Å². The fourth-order valence-electron chi connectivity index (χ4n) is 1.04. The van der Waals surface area contributed by atoms with Crippen LogP contribution < -0.4 is 0 Å². The van der Waals surface area contributed by atoms with Gasteiger partial charge < -0.3 is 0 Å². The van der Waals surface area contributed by atoms with E-state index >= 15 is 0 Å². The van der Waals surface area contributed by atoms with E-state index in [0.29, 0.717) is 0 Å². The van der Waals surface area contributed by atoms with Gasteiger partial charge in [-0.05, 0) is 19.1 Å². The Balaban J connectivity index is 3.41. The zero-order valence-electron chi connectivity index (χ0n) is 7.15. The first kappa shape index (κ1) is 11.0. The normalized spacial score (nSPS) is 10.7. The molecule has 76 valence electrons. The molecule has 1 aromatic rings. The van der Waals surface area contributed by atoms with Gasteiger partial charge >= 0.3 is 0 Å². The van der Waals surface area contributed by atoms with E-state index in [1.54, 1.807) is 0 Å². The first-order chi connectivity index (χ1) is 6.45. The standard InChI is InChI=1S/C9H6ClF3O/c1-4(14)5-2-3-6(10)7(8(5)11)9(12)13/h2-3,9H,1H3. The lowest BCUT2D eigenvalue weighted by molar-refractivity contribution is 0.101. The maximum Gasteiger partial charge on any atom is 0.268 e. The minimum absolute atomic E-state index is 0.371. The maximum absolute atomic E-state index is 13.2. The molecule has 1 aromatic carbocycles. The Bertz CT molecular complexity index is 377. The molecule has 0 fully saturated rings. The molecule has 0 N–H and O–H groups in total. The average Bonchev–Trinajstić information content (AvgIpc) is 2.02. The Hall–Kier alpha value is -1.03. The lowest BCUT2D eigenvalue weighted by Crippen LogP contribution is -2.02. The van der Waals surface area contributed by atoms with E-state index in [2.05, 4.69) is 0 Å². The van der Waals surface area contributed by atoms with Gasteiger partial charge in [-0.15, -0.1) is 0 Å². The predicted molar refractivity (Wildman–Crippen MR) is 46.4 cm³/mol. The van der Waals surface area contributed by atoms with Gasteiger partial charge in [-0.3, -0.25) is 4.79 Å². The molecule has 1 rings (SSSR count). The number of halogens is 4. The first-order valence-corrected chi connectivity index (χ1v) is 4.10. The molecule has 0 bridgehead atoms. The fraction of sp³-hybridized carbons (Fsp3) is 0.222. The summed E-state index contributed by atoms with van der Waals surface area (Å²) in [5, 5.41) is -0.373. The zero-order chi connectivity index (χ0) is 10.9. The van der Waals surface area contributed by atoms with Crippen molar-refractivity contribution < 1.29 is 18.0 Å². The smallest absolute Gasteiger partial charge is 0.268 e. The molecule has 0 unspecified atom stereocenters. The molecule has 5 heteroatoms. The Labute approximate surface area is 83.5 Å². The zero-order valence-corrected chi connectivity index (χ0v) is 7.91. The van der Waals surface area contributed by atoms with E-state index < -0.39 is 23.6 Å². The molecular weight excluding hydrogens is 217 g/mol. The van der Waals surface area contributed by atoms with Gasteiger partial charge in [0, 0.05) is 0 Å². The van der Waals surface area contributed by atoms with Gasteiger partial charge in [-0.1, -0.05) is 11.6 Å². The summed E-state index contributed by atoms with van der Waals surface area (Å²) >= 11 is 5.37. The molecule has 0 heterocycles. The number of carbonyl (C=O) groups is 1. The number of carbonyl (C=O) groups excluding carboxylic acids is 1. The molecule has 0 spiro atoms. The van der Waals surface area contributed by atoms with Crippen molar-refractivity contribution in [1.29, 1.82) is 0 Å². The van der Waals surface area contributed by atoms with Crippen molar-refractivity contribution in [2.75, 3.05) is 0 Å². The van der Waals surface area contributed by atoms with E-state index in [0.717, 1.165) is 19.1 Å². The SMILES string of the molecule is CC(=O)c1ccc(Cl)c(C(F)F)c1F. The fourth-order valence-corrected chi connectivity index (χ4v) is 1.27. The van der Waals surface area contributed by atoms with Crippen LogP contribution in [0.1, 0.15) is 29.3 Å². The number of hydrogen-bond acceptors (Lipinski definition) is 1. The Kier molecular flexibility index (Phi) is 3.16. The van der Waals surface area contributed by atoms with Crippen LogP contribution in [0.3, 0.4) is 0 Å². The van der Waals surface area contributed by atoms with Crippen molar-refractivity contribution in [1.82, 2.24) is 0 Å². The summed E-state index contributed by atoms with van der Waals surface area (Å²) in [5.74, 6) is -1.85. The van der Waals surface area contributed by atoms with E-state index in [4.69, 9.17) is 11.6 Å². The van der Waals surface area contributed by atoms with E-state index in [1.165, 1.54) is 0 Å². The Morgan fingerprint density at radius 2 is 2.00 bits per heavy atom. The highest BCUT2D eigenvalue weighted by Gasteiger charge is 2.21. The number of ketones is 1. The monoisotopic (exact) mass is 222 g/mol. The number of Topliss-reactive ketones (excluding diaryl/α,β-unsaturated/α-hetero) is 1. The van der Waals surface area contributed by atoms with Crippen molar-refractivity contribution in [2.45, 2.75) is 13.3 Å². The summed E-state index contributed by atoms with van der Waals surface area (Å²) < 4.78 is 37.8. The summed E-state index contributed by atoms with van der Waals surface area (Å²) in [6.07, 6.45) is -3.03. The molecule has 0 aliphatic carbocycles. The molecule has 0 saturated carbocycles. The highest BCUT2D eigenvalue weighted by Crippen LogP contribution is 2.31. The van der Waals surface area contributed by atoms with Gasteiger partial charge in [0.2, 0.25) is 0 Å². The van der Waals surface area contributed by atoms with Crippen molar-refractivity contribution in [3.63, 3.8) is 0 Å². The van der Waals surface area contributed by atoms with Gasteiger partial charge in [0.15, 0.2) is 5.78 Å². The summed E-state index contributed by atoms with van der Waals surface area (Å²) in [4.78, 5) is 10.8. The molecule has 1 nitrogen and oxygen atoms in total. The van der Waals surface area contributed by atoms with Crippen molar-refractivity contribution >= 4 is 17.4 Å². The van der Waals surface area contributed by atoms with E-state index in [-0.39, 0.29) is 10.6 Å². The van der Waals surface area contributed by atoms with Gasteiger partial charge in [-0.25, -0.2) is 13.2 Å². The number of alkyl halides is 2. The van der Waals surface area contributed by atoms with Gasteiger partial charge in [0.05, 0.1) is 16.1 Å². The quantitative estimate of drug-likeness (QED) is 0.699. The minimum Gasteiger partial charge on any atom is -0.294 e. The van der Waals surface area contributed by atoms with Crippen LogP contribution >= 0.6 is 11.6 Å². The molecule has 0 radical (unpaired) electrons. The van der Waals surface area contributed by atoms with Crippen LogP contribution in [0.4, 0.5) is 13.2 Å². The van der Waals surface area contributed by atoms with Crippen LogP contribution in [0, 0.1) is 5.82 Å². The molecule has 0 aliphatic rings. The van der Waals surface area contributed by atoms with Crippen LogP contribution in [0.15, 0.2) is 12.1 Å². The third kappa shape index (κ3) is 1.90. The van der Waals surface area contributed by atoms with Gasteiger partial charge in [-0.2, -0.15) is 0 Å². The topological polar surface area (TPSA) is 17.1 Å². The van der Waals surface area contributed by atoms with Crippen molar-refractivity contribution in [3.05, 3.63) is 34.1 Å². The summed E-state index contributed by atoms with van der Waals surface area (Å²) in [5.41, 5.74) is -1.29. The number of hydrogen-bond donors (Lipinski definition) is 0.